The first-order chi connectivity index (χ1) is 8.81. The van der Waals surface area contributed by atoms with Crippen LogP contribution in [0.25, 0.3) is 0 Å². The van der Waals surface area contributed by atoms with Crippen LogP contribution in [0.1, 0.15) is 44.1 Å². The van der Waals surface area contributed by atoms with Crippen molar-refractivity contribution in [2.75, 3.05) is 0 Å². The smallest absolute Gasteiger partial charge is 0.352 e. The van der Waals surface area contributed by atoms with Crippen molar-refractivity contribution >= 4 is 16.0 Å². The fourth-order valence-electron chi connectivity index (χ4n) is 1.90. The molecule has 108 valence electrons. The van der Waals surface area contributed by atoms with Crippen molar-refractivity contribution in [1.29, 1.82) is 0 Å². The van der Waals surface area contributed by atoms with Crippen molar-refractivity contribution in [3.63, 3.8) is 0 Å². The maximum atomic E-state index is 12.1. The van der Waals surface area contributed by atoms with Gasteiger partial charge in [0.05, 0.1) is 0 Å². The maximum Gasteiger partial charge on any atom is 0.352 e. The Hall–Kier alpha value is -1.34. The molecule has 1 aromatic rings. The van der Waals surface area contributed by atoms with Crippen molar-refractivity contribution in [1.82, 2.24) is 9.29 Å². The van der Waals surface area contributed by atoms with Crippen molar-refractivity contribution in [3.05, 3.63) is 18.0 Å². The topological polar surface area (TPSA) is 88.4 Å². The molecule has 0 fully saturated rings. The number of carbonyl (C=O) groups is 1. The summed E-state index contributed by atoms with van der Waals surface area (Å²) >= 11 is 0. The molecule has 1 atom stereocenters. The number of carboxylic acid groups (broad SMARTS) is 1. The predicted octanol–water partition coefficient (Wildman–Crippen LogP) is 1.67. The Kier molecular flexibility index (Phi) is 5.13. The number of aromatic nitrogens is 1. The van der Waals surface area contributed by atoms with E-state index in [0.29, 0.717) is 6.54 Å². The molecule has 6 nitrogen and oxygen atoms in total. The van der Waals surface area contributed by atoms with Gasteiger partial charge in [0, 0.05) is 18.8 Å². The summed E-state index contributed by atoms with van der Waals surface area (Å²) in [6.45, 7) is 5.93. The highest BCUT2D eigenvalue weighted by Gasteiger charge is 2.22. The summed E-state index contributed by atoms with van der Waals surface area (Å²) in [4.78, 5) is 11.0. The molecule has 0 amide bonds. The molecule has 0 radical (unpaired) electrons. The van der Waals surface area contributed by atoms with Gasteiger partial charge in [0.1, 0.15) is 10.6 Å². The van der Waals surface area contributed by atoms with Crippen LogP contribution in [-0.2, 0) is 16.6 Å². The lowest BCUT2D eigenvalue weighted by Crippen LogP contribution is -2.32. The van der Waals surface area contributed by atoms with E-state index in [1.165, 1.54) is 16.8 Å². The third kappa shape index (κ3) is 3.81. The zero-order valence-electron chi connectivity index (χ0n) is 11.4. The van der Waals surface area contributed by atoms with Crippen LogP contribution in [-0.4, -0.2) is 30.1 Å². The Morgan fingerprint density at radius 3 is 2.53 bits per heavy atom. The highest BCUT2D eigenvalue weighted by Crippen LogP contribution is 2.15. The Morgan fingerprint density at radius 1 is 1.47 bits per heavy atom. The summed E-state index contributed by atoms with van der Waals surface area (Å²) in [6, 6.07) is 1.01. The van der Waals surface area contributed by atoms with Gasteiger partial charge in [0.15, 0.2) is 0 Å². The molecular formula is C12H20N2O4S. The molecule has 1 rings (SSSR count). The lowest BCUT2D eigenvalue weighted by Gasteiger charge is -2.11. The molecule has 0 aliphatic heterocycles. The number of aryl methyl sites for hydroxylation is 1. The molecule has 1 unspecified atom stereocenters. The number of aromatic carboxylic acids is 1. The summed E-state index contributed by atoms with van der Waals surface area (Å²) < 4.78 is 28.2. The number of sulfonamides is 1. The molecule has 0 aliphatic rings. The van der Waals surface area contributed by atoms with E-state index in [1.54, 1.807) is 13.8 Å². The number of hydrogen-bond acceptors (Lipinski definition) is 3. The molecule has 0 aromatic carbocycles. The normalized spacial score (nSPS) is 13.4. The van der Waals surface area contributed by atoms with E-state index < -0.39 is 16.0 Å². The molecule has 0 aliphatic carbocycles. The minimum absolute atomic E-state index is 0.00490. The summed E-state index contributed by atoms with van der Waals surface area (Å²) in [6.07, 6.45) is 2.96. The molecule has 0 spiro atoms. The van der Waals surface area contributed by atoms with Gasteiger partial charge < -0.3 is 9.67 Å². The van der Waals surface area contributed by atoms with Gasteiger partial charge in [-0.2, -0.15) is 0 Å². The standard InChI is InChI=1S/C12H20N2O4S/c1-4-6-9(3)13-19(17,18)10-7-11(12(15)16)14(5-2)8-10/h7-9,13H,4-6H2,1-3H3,(H,15,16). The van der Waals surface area contributed by atoms with Crippen molar-refractivity contribution < 1.29 is 18.3 Å². The van der Waals surface area contributed by atoms with E-state index in [0.717, 1.165) is 12.8 Å². The molecule has 1 heterocycles. The van der Waals surface area contributed by atoms with Crippen LogP contribution in [0.4, 0.5) is 0 Å². The molecule has 2 N–H and O–H groups in total. The largest absolute Gasteiger partial charge is 0.477 e. The van der Waals surface area contributed by atoms with Gasteiger partial charge in [-0.3, -0.25) is 0 Å². The molecular weight excluding hydrogens is 268 g/mol. The zero-order valence-corrected chi connectivity index (χ0v) is 12.2. The third-order valence-corrected chi connectivity index (χ3v) is 4.38. The maximum absolute atomic E-state index is 12.1. The molecule has 0 saturated carbocycles. The molecule has 0 bridgehead atoms. The second-order valence-electron chi connectivity index (χ2n) is 4.46. The first kappa shape index (κ1) is 15.7. The molecule has 1 aromatic heterocycles. The van der Waals surface area contributed by atoms with Gasteiger partial charge in [-0.15, -0.1) is 0 Å². The van der Waals surface area contributed by atoms with Crippen molar-refractivity contribution in [2.24, 2.45) is 0 Å². The molecule has 19 heavy (non-hydrogen) atoms. The fraction of sp³-hybridized carbons (Fsp3) is 0.583. The summed E-state index contributed by atoms with van der Waals surface area (Å²) in [5.74, 6) is -1.13. The van der Waals surface area contributed by atoms with E-state index in [9.17, 15) is 13.2 Å². The Balaban J connectivity index is 3.05. The van der Waals surface area contributed by atoms with Gasteiger partial charge in [0.25, 0.3) is 0 Å². The van der Waals surface area contributed by atoms with Gasteiger partial charge in [0.2, 0.25) is 10.0 Å². The average molecular weight is 288 g/mol. The zero-order chi connectivity index (χ0) is 14.6. The van der Waals surface area contributed by atoms with Crippen LogP contribution in [0.3, 0.4) is 0 Å². The van der Waals surface area contributed by atoms with Crippen molar-refractivity contribution in [2.45, 2.75) is 51.1 Å². The Labute approximate surface area is 113 Å². The second kappa shape index (κ2) is 6.21. The quantitative estimate of drug-likeness (QED) is 0.799. The lowest BCUT2D eigenvalue weighted by atomic mass is 10.2. The minimum atomic E-state index is -3.66. The third-order valence-electron chi connectivity index (χ3n) is 2.82. The first-order valence-electron chi connectivity index (χ1n) is 6.27. The first-order valence-corrected chi connectivity index (χ1v) is 7.76. The molecule has 7 heteroatoms. The SMILES string of the molecule is CCCC(C)NS(=O)(=O)c1cc(C(=O)O)n(CC)c1. The highest BCUT2D eigenvalue weighted by atomic mass is 32.2. The molecule has 0 saturated heterocycles. The van der Waals surface area contributed by atoms with E-state index >= 15 is 0 Å². The second-order valence-corrected chi connectivity index (χ2v) is 6.18. The summed E-state index contributed by atoms with van der Waals surface area (Å²) in [7, 11) is -3.66. The number of hydrogen-bond donors (Lipinski definition) is 2. The van der Waals surface area contributed by atoms with E-state index in [1.807, 2.05) is 6.92 Å². The van der Waals surface area contributed by atoms with E-state index in [4.69, 9.17) is 5.11 Å². The Bertz CT molecular complexity index is 548. The number of nitrogens with one attached hydrogen (secondary N) is 1. The average Bonchev–Trinajstić information content (AvgIpc) is 2.73. The predicted molar refractivity (Wildman–Crippen MR) is 71.8 cm³/mol. The van der Waals surface area contributed by atoms with Crippen LogP contribution >= 0.6 is 0 Å². The van der Waals surface area contributed by atoms with Crippen LogP contribution in [0, 0.1) is 0 Å². The summed E-state index contributed by atoms with van der Waals surface area (Å²) in [5.41, 5.74) is -0.0222. The van der Waals surface area contributed by atoms with Gasteiger partial charge in [-0.05, 0) is 26.3 Å². The van der Waals surface area contributed by atoms with E-state index in [2.05, 4.69) is 4.72 Å². The number of carboxylic acids is 1. The van der Waals surface area contributed by atoms with Crippen LogP contribution in [0.15, 0.2) is 17.2 Å². The van der Waals surface area contributed by atoms with Gasteiger partial charge in [-0.1, -0.05) is 13.3 Å². The van der Waals surface area contributed by atoms with Gasteiger partial charge >= 0.3 is 5.97 Å². The fourth-order valence-corrected chi connectivity index (χ4v) is 3.21. The van der Waals surface area contributed by atoms with Gasteiger partial charge in [-0.25, -0.2) is 17.9 Å². The van der Waals surface area contributed by atoms with Crippen molar-refractivity contribution in [3.8, 4) is 0 Å². The van der Waals surface area contributed by atoms with E-state index in [-0.39, 0.29) is 16.6 Å². The monoisotopic (exact) mass is 288 g/mol. The number of nitrogens with zero attached hydrogens (tertiary/aromatic N) is 1. The highest BCUT2D eigenvalue weighted by molar-refractivity contribution is 7.89. The summed E-state index contributed by atoms with van der Waals surface area (Å²) in [5, 5.41) is 9.01. The minimum Gasteiger partial charge on any atom is -0.477 e. The van der Waals surface area contributed by atoms with Crippen LogP contribution in [0.2, 0.25) is 0 Å². The number of rotatable bonds is 7. The lowest BCUT2D eigenvalue weighted by molar-refractivity contribution is 0.0685. The van der Waals surface area contributed by atoms with Crippen LogP contribution < -0.4 is 4.72 Å². The Morgan fingerprint density at radius 2 is 2.11 bits per heavy atom. The van der Waals surface area contributed by atoms with Crippen LogP contribution in [0.5, 0.6) is 0 Å².